The molecule has 3 N–H and O–H groups in total. The molecule has 2 aliphatic rings. The minimum Gasteiger partial charge on any atom is -0.382 e. The zero-order chi connectivity index (χ0) is 84.5. The molecule has 95 radical (unpaired) electrons. The summed E-state index contributed by atoms with van der Waals surface area (Å²) in [5.41, 5.74) is 4.20. The topological polar surface area (TPSA) is 36.1 Å². The molecular formula is C13H19B93N3. The van der Waals surface area contributed by atoms with Gasteiger partial charge in [-0.05, 0) is 49.2 Å². The lowest BCUT2D eigenvalue weighted by Crippen LogP contribution is -3.01. The Hall–Kier alpha value is 4.98. The molecular weight excluding hydrogens is 1200 g/mol. The summed E-state index contributed by atoms with van der Waals surface area (Å²) in [5, 5.41) is 10.4. The van der Waals surface area contributed by atoms with Gasteiger partial charge < -0.3 is 16.0 Å². The van der Waals surface area contributed by atoms with E-state index >= 15 is 0 Å². The van der Waals surface area contributed by atoms with E-state index in [2.05, 4.69) is 34.1 Å². The molecule has 0 unspecified atom stereocenters. The van der Waals surface area contributed by atoms with E-state index in [1.54, 1.807) is 0 Å². The lowest BCUT2D eigenvalue weighted by molar-refractivity contribution is 0.479. The number of piperidine rings is 1. The molecule has 3 rings (SSSR count). The average molecular weight is 1220 g/mol. The quantitative estimate of drug-likeness (QED) is 0.0569. The number of rotatable bonds is 47. The van der Waals surface area contributed by atoms with E-state index in [0.29, 0.717) is 6.04 Å². The summed E-state index contributed by atoms with van der Waals surface area (Å²) in [5.74, 6) is 0. The van der Waals surface area contributed by atoms with Gasteiger partial charge in [0.25, 0.3) is 0 Å². The largest absolute Gasteiger partial charge is 0.382 e. The van der Waals surface area contributed by atoms with Crippen molar-refractivity contribution in [2.75, 3.05) is 18.4 Å². The molecule has 1 saturated heterocycles. The predicted octanol–water partition coefficient (Wildman–Crippen LogP) is -34.0. The van der Waals surface area contributed by atoms with Gasteiger partial charge >= 0.3 is 0 Å². The summed E-state index contributed by atoms with van der Waals surface area (Å²) in [6, 6.07) is 7.41. The fourth-order valence-electron chi connectivity index (χ4n) is 19.3. The van der Waals surface area contributed by atoms with Gasteiger partial charge in [0.1, 0.15) is 0 Å². The Balaban J connectivity index is 0.00000218. The first kappa shape index (κ1) is 110. The standard InChI is InChI=1S/C13H19N3.B93/c1-2-13(7-11-9-15-8-10(1)11)16-12-3-5-14-6-4-12;1-48-72(49(2)3)84(73(50(4)5)51(6)7)90(85(74(52(8)9)53(10)11)75(54(12)13)55(14)15)93(91(86(76(56(16)17)57(18)19)77(58(20)21)59(22)23)87(78(60(24)25)61(26)27)79(62(28)29)63(30)31)92(88(80(64(32)33)65(34)35)81(66(36)37)67(38)39)89(82(68(40)41)69(42)43)83(70(44)45)71(46)47/h1-2,7,12,14-16H,3-6,8-9H2;. The number of benzene rings is 1. The van der Waals surface area contributed by atoms with Gasteiger partial charge in [-0.2, -0.15) is 0 Å². The van der Waals surface area contributed by atoms with Gasteiger partial charge in [-0.15, -0.1) is 0 Å². The van der Waals surface area contributed by atoms with Crippen molar-refractivity contribution < 1.29 is 0 Å². The smallest absolute Gasteiger partial charge is 0.0345 e. The Morgan fingerprint density at radius 2 is 0.413 bits per heavy atom. The van der Waals surface area contributed by atoms with Crippen LogP contribution in [0.3, 0.4) is 0 Å². The zero-order valence-electron chi connectivity index (χ0n) is 63.2. The van der Waals surface area contributed by atoms with E-state index in [1.807, 2.05) is 0 Å². The van der Waals surface area contributed by atoms with Gasteiger partial charge in [0.05, 0.1) is 0 Å². The van der Waals surface area contributed by atoms with E-state index in [1.165, 1.54) is 29.7 Å². The summed E-state index contributed by atoms with van der Waals surface area (Å²) in [4.78, 5) is 0. The molecule has 2 heterocycles. The minimum absolute atomic E-state index is 0.647. The van der Waals surface area contributed by atoms with Crippen LogP contribution >= 0.6 is 0 Å². The monoisotopic (exact) mass is 1240 g/mol. The Kier molecular flexibility index (Phi) is 52.5. The van der Waals surface area contributed by atoms with Crippen LogP contribution in [-0.2, 0) is 13.1 Å². The van der Waals surface area contributed by atoms with Crippen LogP contribution < -0.4 is 16.0 Å². The summed E-state index contributed by atoms with van der Waals surface area (Å²) >= 11 is 0. The van der Waals surface area contributed by atoms with Crippen molar-refractivity contribution >= 4 is 664 Å². The lowest BCUT2D eigenvalue weighted by Gasteiger charge is -2.63. The third kappa shape index (κ3) is 30.4. The van der Waals surface area contributed by atoms with Gasteiger partial charge in [-0.25, -0.2) is 0 Å². The second-order valence-corrected chi connectivity index (χ2v) is 30.9. The maximum absolute atomic E-state index is 7.04. The third-order valence-corrected chi connectivity index (χ3v) is 23.3. The van der Waals surface area contributed by atoms with Crippen molar-refractivity contribution in [2.24, 2.45) is 0 Å². The fraction of sp³-hybridized carbons (Fsp3) is 0.538. The highest BCUT2D eigenvalue weighted by Gasteiger charge is 2.68. The van der Waals surface area contributed by atoms with Crippen LogP contribution in [0.4, 0.5) is 5.69 Å². The van der Waals surface area contributed by atoms with Crippen LogP contribution in [0.1, 0.15) is 24.0 Å². The van der Waals surface area contributed by atoms with Gasteiger partial charge in [0.15, 0.2) is 0 Å². The summed E-state index contributed by atoms with van der Waals surface area (Å²) in [6.07, 6.45) is -79.2. The van der Waals surface area contributed by atoms with Crippen LogP contribution in [0.2, 0.25) is 0 Å². The molecule has 0 bridgehead atoms. The van der Waals surface area contributed by atoms with Crippen molar-refractivity contribution in [3.05, 3.63) is 29.3 Å². The molecule has 0 aromatic heterocycles. The molecule has 96 heteroatoms. The molecule has 0 spiro atoms. The van der Waals surface area contributed by atoms with E-state index in [4.69, 9.17) is 364 Å². The van der Waals surface area contributed by atoms with Crippen LogP contribution in [0.15, 0.2) is 18.2 Å². The highest BCUT2D eigenvalue weighted by atomic mass is 15.0. The first-order valence-electron chi connectivity index (χ1n) is 36.9. The van der Waals surface area contributed by atoms with E-state index in [9.17, 15) is 0 Å². The molecule has 0 atom stereocenters. The van der Waals surface area contributed by atoms with Crippen molar-refractivity contribution in [3.63, 3.8) is 0 Å². The van der Waals surface area contributed by atoms with Crippen LogP contribution in [0.5, 0.6) is 0 Å². The molecule has 3 nitrogen and oxygen atoms in total. The van der Waals surface area contributed by atoms with Gasteiger partial charge in [-0.3, -0.25) is 0 Å². The normalized spacial score (nSPS) is 11.4. The van der Waals surface area contributed by atoms with Crippen molar-refractivity contribution in [1.82, 2.24) is 10.6 Å². The molecule has 2 aliphatic heterocycles. The fourth-order valence-corrected chi connectivity index (χ4v) is 19.3. The average Bonchev–Trinajstić information content (AvgIpc) is 0.729. The molecule has 1 aromatic carbocycles. The summed E-state index contributed by atoms with van der Waals surface area (Å²) < 4.78 is 0. The van der Waals surface area contributed by atoms with Gasteiger partial charge in [0.2, 0.25) is 0 Å². The Bertz CT molecular complexity index is 2210. The summed E-state index contributed by atoms with van der Waals surface area (Å²) in [6.45, 7) is 4.34. The number of hydrogen-bond donors (Lipinski definition) is 3. The SMILES string of the molecule is [B][B]B(B([B])[B])B(B(B([B])[B])B([B])[B])B(B(B(B([B])[B])B([B])[B])B(B([B])[B])B([B])[B])B(B(B(B(B([B])[B])B([B])[B])B(B([B])[B])B([B])[B])B(B(B([B])[B])B([B])[B])B(B([B])[B])B([B])[B])B(B(B(B([B])[B])B([B])[B])B(B([B])[B])B([B])[B])B(B(B([B])[B])B([B])[B])B(B([B])[B])B([B])[B].c1cc2c(cc1NC1CCNCC1)CNC2. The maximum Gasteiger partial charge on any atom is 0.0345 e. The van der Waals surface area contributed by atoms with E-state index < -0.39 is 287 Å². The Morgan fingerprint density at radius 1 is 0.229 bits per heavy atom. The molecule has 1 fully saturated rings. The van der Waals surface area contributed by atoms with Crippen molar-refractivity contribution in [1.29, 1.82) is 0 Å². The Labute approximate surface area is 746 Å². The van der Waals surface area contributed by atoms with Crippen LogP contribution in [0, 0.1) is 0 Å². The second-order valence-electron chi connectivity index (χ2n) is 30.9. The van der Waals surface area contributed by atoms with Crippen LogP contribution in [-0.4, -0.2) is 677 Å². The number of nitrogens with one attached hydrogen (secondary N) is 3. The number of fused-ring (bicyclic) bond motifs is 1. The highest BCUT2D eigenvalue weighted by Crippen LogP contribution is 2.30. The van der Waals surface area contributed by atoms with E-state index in [-0.39, 0.29) is 0 Å². The van der Waals surface area contributed by atoms with Crippen molar-refractivity contribution in [3.8, 4) is 0 Å². The van der Waals surface area contributed by atoms with Gasteiger partial charge in [-0.1, -0.05) is 6.07 Å². The zero-order valence-corrected chi connectivity index (χ0v) is 63.2. The molecule has 109 heavy (non-hydrogen) atoms. The molecule has 0 saturated carbocycles. The second kappa shape index (κ2) is 52.0. The Morgan fingerprint density at radius 3 is 0.606 bits per heavy atom. The molecule has 0 amide bonds. The predicted molar refractivity (Wildman–Crippen MR) is 602 cm³/mol. The molecule has 1 aromatic rings. The van der Waals surface area contributed by atoms with Crippen LogP contribution in [0.25, 0.3) is 0 Å². The summed E-state index contributed by atoms with van der Waals surface area (Å²) in [7, 11) is 332. The third-order valence-electron chi connectivity index (χ3n) is 23.3. The first-order chi connectivity index (χ1) is 50.3. The van der Waals surface area contributed by atoms with E-state index in [0.717, 1.165) is 33.2 Å². The number of anilines is 1. The minimum atomic E-state index is -2.17. The first-order valence-corrected chi connectivity index (χ1v) is 36.9. The van der Waals surface area contributed by atoms with Gasteiger partial charge in [0, 0.05) is 683 Å². The lowest BCUT2D eigenvalue weighted by atomic mass is 8.19. The molecule has 365 valence electrons. The maximum atomic E-state index is 7.04. The molecule has 0 aliphatic carbocycles. The van der Waals surface area contributed by atoms with Crippen molar-refractivity contribution in [2.45, 2.75) is 32.0 Å². The highest BCUT2D eigenvalue weighted by molar-refractivity contribution is 8.43. The number of hydrogen-bond acceptors (Lipinski definition) is 3.